The van der Waals surface area contributed by atoms with Crippen LogP contribution in [0.25, 0.3) is 10.9 Å². The van der Waals surface area contributed by atoms with E-state index >= 15 is 0 Å². The fourth-order valence-electron chi connectivity index (χ4n) is 2.89. The molecule has 0 saturated carbocycles. The van der Waals surface area contributed by atoms with Crippen molar-refractivity contribution < 1.29 is 9.47 Å². The Labute approximate surface area is 159 Å². The SMILES string of the molecule is COc1ccc2nc(Cl)c(/C=N\n3c([C@H]4CCCO4)n[nH]c3=S)cc2c1. The van der Waals surface area contributed by atoms with Gasteiger partial charge in [-0.2, -0.15) is 14.9 Å². The van der Waals surface area contributed by atoms with Crippen LogP contribution in [0.2, 0.25) is 5.15 Å². The third-order valence-electron chi connectivity index (χ3n) is 4.21. The summed E-state index contributed by atoms with van der Waals surface area (Å²) in [5, 5.41) is 12.7. The number of aromatic nitrogens is 4. The second kappa shape index (κ2) is 7.14. The van der Waals surface area contributed by atoms with E-state index in [1.807, 2.05) is 24.3 Å². The molecule has 0 amide bonds. The van der Waals surface area contributed by atoms with Crippen molar-refractivity contribution in [2.24, 2.45) is 5.10 Å². The first kappa shape index (κ1) is 17.1. The highest BCUT2D eigenvalue weighted by molar-refractivity contribution is 7.71. The minimum absolute atomic E-state index is 0.102. The Morgan fingerprint density at radius 1 is 1.46 bits per heavy atom. The van der Waals surface area contributed by atoms with Gasteiger partial charge in [-0.25, -0.2) is 4.98 Å². The zero-order valence-electron chi connectivity index (χ0n) is 14.0. The monoisotopic (exact) mass is 389 g/mol. The first-order valence-corrected chi connectivity index (χ1v) is 8.92. The fourth-order valence-corrected chi connectivity index (χ4v) is 3.27. The number of benzene rings is 1. The molecule has 2 aromatic heterocycles. The Balaban J connectivity index is 1.72. The molecule has 7 nitrogen and oxygen atoms in total. The van der Waals surface area contributed by atoms with Crippen molar-refractivity contribution >= 4 is 40.9 Å². The van der Waals surface area contributed by atoms with Gasteiger partial charge >= 0.3 is 0 Å². The van der Waals surface area contributed by atoms with Gasteiger partial charge in [-0.05, 0) is 49.3 Å². The molecule has 0 aliphatic carbocycles. The van der Waals surface area contributed by atoms with Gasteiger partial charge in [0.2, 0.25) is 4.77 Å². The Hall–Kier alpha value is -2.29. The topological polar surface area (TPSA) is 77.3 Å². The molecule has 0 radical (unpaired) electrons. The van der Waals surface area contributed by atoms with Crippen LogP contribution in [0.3, 0.4) is 0 Å². The summed E-state index contributed by atoms with van der Waals surface area (Å²) in [6.45, 7) is 0.719. The average molecular weight is 390 g/mol. The maximum atomic E-state index is 6.31. The minimum atomic E-state index is -0.102. The summed E-state index contributed by atoms with van der Waals surface area (Å²) in [5.74, 6) is 1.41. The number of methoxy groups -OCH3 is 1. The van der Waals surface area contributed by atoms with E-state index < -0.39 is 0 Å². The number of hydrogen-bond donors (Lipinski definition) is 1. The van der Waals surface area contributed by atoms with Crippen LogP contribution in [0.4, 0.5) is 0 Å². The van der Waals surface area contributed by atoms with Gasteiger partial charge in [-0.1, -0.05) is 11.6 Å². The number of ether oxygens (including phenoxy) is 2. The number of rotatable bonds is 4. The molecule has 4 rings (SSSR count). The van der Waals surface area contributed by atoms with Gasteiger partial charge in [0.05, 0.1) is 18.8 Å². The second-order valence-corrected chi connectivity index (χ2v) is 6.62. The maximum absolute atomic E-state index is 6.31. The van der Waals surface area contributed by atoms with Gasteiger partial charge in [0.1, 0.15) is 17.0 Å². The van der Waals surface area contributed by atoms with Crippen LogP contribution in [0, 0.1) is 4.77 Å². The van der Waals surface area contributed by atoms with Crippen molar-refractivity contribution in [2.75, 3.05) is 13.7 Å². The van der Waals surface area contributed by atoms with Crippen molar-refractivity contribution in [2.45, 2.75) is 18.9 Å². The highest BCUT2D eigenvalue weighted by Gasteiger charge is 2.23. The summed E-state index contributed by atoms with van der Waals surface area (Å²) in [5.41, 5.74) is 1.46. The van der Waals surface area contributed by atoms with E-state index in [2.05, 4.69) is 20.3 Å². The molecule has 134 valence electrons. The molecule has 3 aromatic rings. The molecule has 0 spiro atoms. The molecule has 0 unspecified atom stereocenters. The van der Waals surface area contributed by atoms with E-state index in [1.165, 1.54) is 0 Å². The van der Waals surface area contributed by atoms with Crippen molar-refractivity contribution in [1.29, 1.82) is 0 Å². The molecule has 1 aromatic carbocycles. The number of fused-ring (bicyclic) bond motifs is 1. The quantitative estimate of drug-likeness (QED) is 0.416. The molecular weight excluding hydrogens is 374 g/mol. The van der Waals surface area contributed by atoms with E-state index in [0.29, 0.717) is 21.3 Å². The van der Waals surface area contributed by atoms with Gasteiger partial charge < -0.3 is 9.47 Å². The Morgan fingerprint density at radius 3 is 3.12 bits per heavy atom. The predicted molar refractivity (Wildman–Crippen MR) is 102 cm³/mol. The molecule has 1 fully saturated rings. The lowest BCUT2D eigenvalue weighted by molar-refractivity contribution is 0.102. The fraction of sp³-hybridized carbons (Fsp3) is 0.294. The van der Waals surface area contributed by atoms with Gasteiger partial charge in [0, 0.05) is 17.6 Å². The lowest BCUT2D eigenvalue weighted by atomic mass is 10.1. The van der Waals surface area contributed by atoms with Crippen LogP contribution in [-0.4, -0.2) is 39.8 Å². The summed E-state index contributed by atoms with van der Waals surface area (Å²) < 4.78 is 12.9. The molecule has 1 aliphatic heterocycles. The Morgan fingerprint density at radius 2 is 2.35 bits per heavy atom. The van der Waals surface area contributed by atoms with E-state index in [0.717, 1.165) is 36.1 Å². The smallest absolute Gasteiger partial charge is 0.216 e. The Kier molecular flexibility index (Phi) is 4.71. The zero-order chi connectivity index (χ0) is 18.1. The molecule has 3 heterocycles. The number of nitrogens with zero attached hydrogens (tertiary/aromatic N) is 4. The van der Waals surface area contributed by atoms with Crippen LogP contribution >= 0.6 is 23.8 Å². The molecular formula is C17H16ClN5O2S. The summed E-state index contributed by atoms with van der Waals surface area (Å²) in [6, 6.07) is 7.52. The number of pyridine rings is 1. The zero-order valence-corrected chi connectivity index (χ0v) is 15.5. The number of hydrogen-bond acceptors (Lipinski definition) is 6. The highest BCUT2D eigenvalue weighted by atomic mass is 35.5. The number of nitrogens with one attached hydrogen (secondary N) is 1. The lowest BCUT2D eigenvalue weighted by Crippen LogP contribution is -2.05. The van der Waals surface area contributed by atoms with Crippen LogP contribution in [0.15, 0.2) is 29.4 Å². The largest absolute Gasteiger partial charge is 0.497 e. The number of aromatic amines is 1. The van der Waals surface area contributed by atoms with Crippen molar-refractivity contribution in [3.8, 4) is 5.75 Å². The molecule has 1 atom stereocenters. The van der Waals surface area contributed by atoms with E-state index in [9.17, 15) is 0 Å². The molecule has 1 N–H and O–H groups in total. The molecule has 1 aliphatic rings. The number of H-pyrrole nitrogens is 1. The normalized spacial score (nSPS) is 17.4. The van der Waals surface area contributed by atoms with Crippen molar-refractivity contribution in [1.82, 2.24) is 19.9 Å². The van der Waals surface area contributed by atoms with Crippen molar-refractivity contribution in [3.05, 3.63) is 45.6 Å². The summed E-state index contributed by atoms with van der Waals surface area (Å²) in [4.78, 5) is 4.41. The summed E-state index contributed by atoms with van der Waals surface area (Å²) in [7, 11) is 1.63. The van der Waals surface area contributed by atoms with Crippen LogP contribution in [0.5, 0.6) is 5.75 Å². The first-order chi connectivity index (χ1) is 12.7. The van der Waals surface area contributed by atoms with Crippen molar-refractivity contribution in [3.63, 3.8) is 0 Å². The maximum Gasteiger partial charge on any atom is 0.216 e. The average Bonchev–Trinajstić information content (AvgIpc) is 3.29. The van der Waals surface area contributed by atoms with Crippen LogP contribution in [0.1, 0.15) is 30.3 Å². The molecule has 9 heteroatoms. The Bertz CT molecular complexity index is 1040. The second-order valence-electron chi connectivity index (χ2n) is 5.87. The van der Waals surface area contributed by atoms with Crippen LogP contribution in [-0.2, 0) is 4.74 Å². The van der Waals surface area contributed by atoms with E-state index in [4.69, 9.17) is 33.3 Å². The van der Waals surface area contributed by atoms with E-state index in [-0.39, 0.29) is 6.10 Å². The van der Waals surface area contributed by atoms with Gasteiger partial charge in [-0.3, -0.25) is 5.10 Å². The molecule has 0 bridgehead atoms. The highest BCUT2D eigenvalue weighted by Crippen LogP contribution is 2.27. The third-order valence-corrected chi connectivity index (χ3v) is 4.77. The lowest BCUT2D eigenvalue weighted by Gasteiger charge is -2.08. The summed E-state index contributed by atoms with van der Waals surface area (Å²) >= 11 is 11.6. The third kappa shape index (κ3) is 3.23. The van der Waals surface area contributed by atoms with Crippen LogP contribution < -0.4 is 4.74 Å². The standard InChI is InChI=1S/C17H16ClN5O2S/c1-24-12-4-5-13-10(8-12)7-11(15(18)20-13)9-19-23-16(21-22-17(23)26)14-3-2-6-25-14/h4-5,7-9,14H,2-3,6H2,1H3,(H,22,26)/b19-9-/t14-/m1/s1. The predicted octanol–water partition coefficient (Wildman–Crippen LogP) is 3.88. The minimum Gasteiger partial charge on any atom is -0.497 e. The van der Waals surface area contributed by atoms with Gasteiger partial charge in [-0.15, -0.1) is 0 Å². The molecule has 26 heavy (non-hydrogen) atoms. The number of halogens is 1. The van der Waals surface area contributed by atoms with Gasteiger partial charge in [0.15, 0.2) is 5.82 Å². The molecule has 1 saturated heterocycles. The van der Waals surface area contributed by atoms with Gasteiger partial charge in [0.25, 0.3) is 0 Å². The summed E-state index contributed by atoms with van der Waals surface area (Å²) in [6.07, 6.45) is 3.41. The van der Waals surface area contributed by atoms with E-state index in [1.54, 1.807) is 18.0 Å². The first-order valence-electron chi connectivity index (χ1n) is 8.13.